The minimum Gasteiger partial charge on any atom is -0.508 e. The second-order valence-corrected chi connectivity index (χ2v) is 7.51. The van der Waals surface area contributed by atoms with Crippen LogP contribution < -0.4 is 4.74 Å². The van der Waals surface area contributed by atoms with Gasteiger partial charge in [0.25, 0.3) is 0 Å². The average Bonchev–Trinajstić information content (AvgIpc) is 2.71. The van der Waals surface area contributed by atoms with Crippen LogP contribution in [0.1, 0.15) is 18.4 Å². The number of fused-ring (bicyclic) bond motifs is 1. The van der Waals surface area contributed by atoms with Gasteiger partial charge in [0.1, 0.15) is 18.1 Å². The highest BCUT2D eigenvalue weighted by Gasteiger charge is 2.19. The van der Waals surface area contributed by atoms with Crippen LogP contribution in [0.25, 0.3) is 10.8 Å². The number of phenolic OH excluding ortho intramolecular Hbond substituents is 1. The van der Waals surface area contributed by atoms with Crippen LogP contribution in [0.3, 0.4) is 0 Å². The van der Waals surface area contributed by atoms with Gasteiger partial charge in [-0.05, 0) is 78.9 Å². The zero-order valence-corrected chi connectivity index (χ0v) is 15.7. The van der Waals surface area contributed by atoms with Crippen molar-refractivity contribution in [3.05, 3.63) is 72.3 Å². The number of phenols is 1. The van der Waals surface area contributed by atoms with E-state index in [9.17, 15) is 5.11 Å². The largest absolute Gasteiger partial charge is 0.508 e. The van der Waals surface area contributed by atoms with E-state index in [4.69, 9.17) is 4.74 Å². The van der Waals surface area contributed by atoms with Gasteiger partial charge in [-0.25, -0.2) is 0 Å². The maximum absolute atomic E-state index is 9.30. The molecule has 0 aromatic heterocycles. The molecule has 140 valence electrons. The highest BCUT2D eigenvalue weighted by molar-refractivity contribution is 5.82. The van der Waals surface area contributed by atoms with Crippen LogP contribution in [0, 0.1) is 5.92 Å². The monoisotopic (exact) mass is 361 g/mol. The van der Waals surface area contributed by atoms with Gasteiger partial charge in [0.2, 0.25) is 0 Å². The number of hydrogen-bond donors (Lipinski definition) is 1. The molecular formula is C24H27NO2. The predicted octanol–water partition coefficient (Wildman–Crippen LogP) is 4.88. The maximum Gasteiger partial charge on any atom is 0.119 e. The minimum atomic E-state index is 0.274. The molecule has 1 aliphatic heterocycles. The van der Waals surface area contributed by atoms with Gasteiger partial charge in [-0.3, -0.25) is 4.90 Å². The molecule has 3 heteroatoms. The average molecular weight is 361 g/mol. The van der Waals surface area contributed by atoms with Crippen LogP contribution in [0.5, 0.6) is 11.5 Å². The third kappa shape index (κ3) is 4.81. The third-order valence-corrected chi connectivity index (χ3v) is 5.56. The molecule has 0 spiro atoms. The molecule has 0 amide bonds. The standard InChI is InChI=1S/C24H27NO2/c26-23-7-9-24(10-8-23)27-16-15-25-13-11-19(12-14-25)17-20-5-6-21-3-1-2-4-22(21)18-20/h1-10,18-19,26H,11-17H2. The Morgan fingerprint density at radius 3 is 2.41 bits per heavy atom. The van der Waals surface area contributed by atoms with Crippen molar-refractivity contribution in [3.63, 3.8) is 0 Å². The lowest BCUT2D eigenvalue weighted by atomic mass is 9.89. The highest BCUT2D eigenvalue weighted by Crippen LogP contribution is 2.24. The Labute approximate surface area is 161 Å². The molecule has 0 unspecified atom stereocenters. The minimum absolute atomic E-state index is 0.274. The van der Waals surface area contributed by atoms with Crippen molar-refractivity contribution in [1.82, 2.24) is 4.90 Å². The second kappa shape index (κ2) is 8.45. The Morgan fingerprint density at radius 2 is 1.63 bits per heavy atom. The lowest BCUT2D eigenvalue weighted by Crippen LogP contribution is -2.37. The van der Waals surface area contributed by atoms with Crippen LogP contribution in [0.15, 0.2) is 66.7 Å². The molecule has 0 radical (unpaired) electrons. The Kier molecular flexibility index (Phi) is 5.59. The van der Waals surface area contributed by atoms with Crippen LogP contribution in [0.4, 0.5) is 0 Å². The fraction of sp³-hybridized carbons (Fsp3) is 0.333. The van der Waals surface area contributed by atoms with E-state index >= 15 is 0 Å². The maximum atomic E-state index is 9.30. The molecule has 3 aromatic rings. The number of benzene rings is 3. The molecule has 0 bridgehead atoms. The fourth-order valence-electron chi connectivity index (χ4n) is 3.95. The summed E-state index contributed by atoms with van der Waals surface area (Å²) in [5, 5.41) is 12.0. The molecule has 27 heavy (non-hydrogen) atoms. The first-order valence-electron chi connectivity index (χ1n) is 9.88. The highest BCUT2D eigenvalue weighted by atomic mass is 16.5. The number of ether oxygens (including phenoxy) is 1. The van der Waals surface area contributed by atoms with Gasteiger partial charge in [0.15, 0.2) is 0 Å². The van der Waals surface area contributed by atoms with Crippen LogP contribution >= 0.6 is 0 Å². The van der Waals surface area contributed by atoms with Crippen molar-refractivity contribution < 1.29 is 9.84 Å². The SMILES string of the molecule is Oc1ccc(OCCN2CCC(Cc3ccc4ccccc4c3)CC2)cc1. The predicted molar refractivity (Wildman–Crippen MR) is 110 cm³/mol. The molecule has 1 saturated heterocycles. The number of nitrogens with zero attached hydrogens (tertiary/aromatic N) is 1. The summed E-state index contributed by atoms with van der Waals surface area (Å²) in [4.78, 5) is 2.50. The van der Waals surface area contributed by atoms with E-state index in [2.05, 4.69) is 47.4 Å². The van der Waals surface area contributed by atoms with E-state index in [0.717, 1.165) is 31.3 Å². The van der Waals surface area contributed by atoms with E-state index < -0.39 is 0 Å². The van der Waals surface area contributed by atoms with Crippen molar-refractivity contribution in [3.8, 4) is 11.5 Å². The van der Waals surface area contributed by atoms with Gasteiger partial charge in [-0.2, -0.15) is 0 Å². The van der Waals surface area contributed by atoms with Crippen molar-refractivity contribution >= 4 is 10.8 Å². The quantitative estimate of drug-likeness (QED) is 0.679. The molecule has 4 rings (SSSR count). The molecule has 0 saturated carbocycles. The first-order valence-corrected chi connectivity index (χ1v) is 9.88. The molecule has 0 aliphatic carbocycles. The van der Waals surface area contributed by atoms with Crippen LogP contribution in [0.2, 0.25) is 0 Å². The van der Waals surface area contributed by atoms with Gasteiger partial charge in [0.05, 0.1) is 0 Å². The third-order valence-electron chi connectivity index (χ3n) is 5.56. The summed E-state index contributed by atoms with van der Waals surface area (Å²) in [6.45, 7) is 3.96. The van der Waals surface area contributed by atoms with E-state index in [-0.39, 0.29) is 5.75 Å². The van der Waals surface area contributed by atoms with E-state index in [1.54, 1.807) is 12.1 Å². The first kappa shape index (κ1) is 17.9. The van der Waals surface area contributed by atoms with E-state index in [1.807, 2.05) is 12.1 Å². The lowest BCUT2D eigenvalue weighted by molar-refractivity contribution is 0.155. The van der Waals surface area contributed by atoms with Gasteiger partial charge in [0, 0.05) is 6.54 Å². The smallest absolute Gasteiger partial charge is 0.119 e. The van der Waals surface area contributed by atoms with Crippen LogP contribution in [-0.4, -0.2) is 36.2 Å². The van der Waals surface area contributed by atoms with Crippen molar-refractivity contribution in [1.29, 1.82) is 0 Å². The Hall–Kier alpha value is -2.52. The zero-order valence-electron chi connectivity index (χ0n) is 15.7. The summed E-state index contributed by atoms with van der Waals surface area (Å²) < 4.78 is 5.77. The molecular weight excluding hydrogens is 334 g/mol. The summed E-state index contributed by atoms with van der Waals surface area (Å²) in [5.41, 5.74) is 1.46. The van der Waals surface area contributed by atoms with Gasteiger partial charge < -0.3 is 9.84 Å². The van der Waals surface area contributed by atoms with Crippen molar-refractivity contribution in [2.24, 2.45) is 5.92 Å². The Bertz CT molecular complexity index is 867. The normalized spacial score (nSPS) is 15.9. The van der Waals surface area contributed by atoms with Gasteiger partial charge >= 0.3 is 0 Å². The first-order chi connectivity index (χ1) is 13.3. The fourth-order valence-corrected chi connectivity index (χ4v) is 3.95. The summed E-state index contributed by atoms with van der Waals surface area (Å²) >= 11 is 0. The summed E-state index contributed by atoms with van der Waals surface area (Å²) in [6, 6.07) is 22.4. The van der Waals surface area contributed by atoms with Gasteiger partial charge in [-0.1, -0.05) is 42.5 Å². The molecule has 1 N–H and O–H groups in total. The van der Waals surface area contributed by atoms with Crippen molar-refractivity contribution in [2.45, 2.75) is 19.3 Å². The number of aromatic hydroxyl groups is 1. The molecule has 3 nitrogen and oxygen atoms in total. The Balaban J connectivity index is 1.22. The topological polar surface area (TPSA) is 32.7 Å². The van der Waals surface area contributed by atoms with Gasteiger partial charge in [-0.15, -0.1) is 0 Å². The Morgan fingerprint density at radius 1 is 0.889 bits per heavy atom. The van der Waals surface area contributed by atoms with E-state index in [0.29, 0.717) is 6.61 Å². The number of piperidine rings is 1. The lowest BCUT2D eigenvalue weighted by Gasteiger charge is -2.32. The van der Waals surface area contributed by atoms with Crippen molar-refractivity contribution in [2.75, 3.05) is 26.2 Å². The second-order valence-electron chi connectivity index (χ2n) is 7.51. The molecule has 1 fully saturated rings. The molecule has 3 aromatic carbocycles. The number of likely N-dealkylation sites (tertiary alicyclic amines) is 1. The van der Waals surface area contributed by atoms with E-state index in [1.165, 1.54) is 35.6 Å². The zero-order chi connectivity index (χ0) is 18.5. The molecule has 1 heterocycles. The molecule has 1 aliphatic rings. The summed E-state index contributed by atoms with van der Waals surface area (Å²) in [7, 11) is 0. The number of rotatable bonds is 6. The molecule has 0 atom stereocenters. The van der Waals surface area contributed by atoms with Crippen LogP contribution in [-0.2, 0) is 6.42 Å². The summed E-state index contributed by atoms with van der Waals surface area (Å²) in [5.74, 6) is 1.87. The summed E-state index contributed by atoms with van der Waals surface area (Å²) in [6.07, 6.45) is 3.70. The number of hydrogen-bond acceptors (Lipinski definition) is 3.